The van der Waals surface area contributed by atoms with Crippen LogP contribution in [0.3, 0.4) is 0 Å². The van der Waals surface area contributed by atoms with Gasteiger partial charge in [-0.15, -0.1) is 0 Å². The Balaban J connectivity index is 2.53. The fourth-order valence-electron chi connectivity index (χ4n) is 2.27. The van der Waals surface area contributed by atoms with E-state index in [2.05, 4.69) is 13.8 Å². The van der Waals surface area contributed by atoms with E-state index in [0.717, 1.165) is 32.1 Å². The summed E-state index contributed by atoms with van der Waals surface area (Å²) in [6, 6.07) is 8.95. The standard InChI is InChI=1S/C18H28O3/c1-4-6-11-15-18(3,14-7-5-2)21-20-17(19)16-12-9-8-10-13-16/h8-10,12-13H,4-7,11,14-15H2,1-3H3. The van der Waals surface area contributed by atoms with E-state index in [1.165, 1.54) is 12.8 Å². The Morgan fingerprint density at radius 1 is 1.00 bits per heavy atom. The summed E-state index contributed by atoms with van der Waals surface area (Å²) in [6.07, 6.45) is 7.47. The van der Waals surface area contributed by atoms with Gasteiger partial charge in [0.25, 0.3) is 0 Å². The Hall–Kier alpha value is -1.35. The molecule has 0 aromatic heterocycles. The molecule has 3 nitrogen and oxygen atoms in total. The van der Waals surface area contributed by atoms with Crippen LogP contribution in [-0.2, 0) is 9.78 Å². The van der Waals surface area contributed by atoms with Crippen LogP contribution in [0.2, 0.25) is 0 Å². The minimum Gasteiger partial charge on any atom is -0.292 e. The Labute approximate surface area is 128 Å². The van der Waals surface area contributed by atoms with E-state index >= 15 is 0 Å². The second-order valence-corrected chi connectivity index (χ2v) is 5.83. The van der Waals surface area contributed by atoms with Gasteiger partial charge in [0, 0.05) is 0 Å². The van der Waals surface area contributed by atoms with Crippen molar-refractivity contribution in [3.05, 3.63) is 35.9 Å². The quantitative estimate of drug-likeness (QED) is 0.333. The first-order chi connectivity index (χ1) is 10.1. The molecule has 0 N–H and O–H groups in total. The molecule has 0 amide bonds. The van der Waals surface area contributed by atoms with Crippen molar-refractivity contribution in [1.29, 1.82) is 0 Å². The molecule has 1 rings (SSSR count). The number of hydrogen-bond acceptors (Lipinski definition) is 3. The van der Waals surface area contributed by atoms with Crippen molar-refractivity contribution in [3.63, 3.8) is 0 Å². The van der Waals surface area contributed by atoms with Gasteiger partial charge >= 0.3 is 5.97 Å². The molecule has 1 aromatic rings. The van der Waals surface area contributed by atoms with Gasteiger partial charge in [-0.1, -0.05) is 64.2 Å². The Morgan fingerprint density at radius 3 is 2.24 bits per heavy atom. The summed E-state index contributed by atoms with van der Waals surface area (Å²) in [5, 5.41) is 0. The van der Waals surface area contributed by atoms with Crippen LogP contribution >= 0.6 is 0 Å². The minimum absolute atomic E-state index is 0.379. The van der Waals surface area contributed by atoms with Crippen molar-refractivity contribution < 1.29 is 14.6 Å². The summed E-state index contributed by atoms with van der Waals surface area (Å²) in [4.78, 5) is 22.6. The van der Waals surface area contributed by atoms with Crippen LogP contribution in [0.1, 0.15) is 76.1 Å². The smallest absolute Gasteiger partial charge is 0.292 e. The maximum atomic E-state index is 11.9. The summed E-state index contributed by atoms with van der Waals surface area (Å²) in [5.74, 6) is -0.422. The van der Waals surface area contributed by atoms with Gasteiger partial charge in [-0.2, -0.15) is 4.89 Å². The second kappa shape index (κ2) is 9.56. The zero-order chi connectivity index (χ0) is 15.6. The van der Waals surface area contributed by atoms with Gasteiger partial charge < -0.3 is 0 Å². The summed E-state index contributed by atoms with van der Waals surface area (Å²) in [5.41, 5.74) is 0.138. The van der Waals surface area contributed by atoms with Crippen LogP contribution in [0.25, 0.3) is 0 Å². The van der Waals surface area contributed by atoms with Crippen molar-refractivity contribution in [3.8, 4) is 0 Å². The van der Waals surface area contributed by atoms with Crippen LogP contribution in [0.4, 0.5) is 0 Å². The molecule has 0 bridgehead atoms. The van der Waals surface area contributed by atoms with Crippen molar-refractivity contribution in [2.45, 2.75) is 71.3 Å². The zero-order valence-electron chi connectivity index (χ0n) is 13.6. The maximum Gasteiger partial charge on any atom is 0.373 e. The number of hydrogen-bond donors (Lipinski definition) is 0. The third-order valence-electron chi connectivity index (χ3n) is 3.70. The van der Waals surface area contributed by atoms with E-state index in [4.69, 9.17) is 9.78 Å². The molecule has 0 heterocycles. The number of carbonyl (C=O) groups is 1. The minimum atomic E-state index is -0.422. The molecule has 118 valence electrons. The van der Waals surface area contributed by atoms with E-state index < -0.39 is 5.97 Å². The molecule has 3 heteroatoms. The van der Waals surface area contributed by atoms with Crippen molar-refractivity contribution in [2.24, 2.45) is 0 Å². The van der Waals surface area contributed by atoms with Crippen molar-refractivity contribution >= 4 is 5.97 Å². The lowest BCUT2D eigenvalue weighted by Gasteiger charge is -2.27. The summed E-state index contributed by atoms with van der Waals surface area (Å²) >= 11 is 0. The van der Waals surface area contributed by atoms with Crippen LogP contribution in [0.5, 0.6) is 0 Å². The third kappa shape index (κ3) is 6.76. The second-order valence-electron chi connectivity index (χ2n) is 5.83. The highest BCUT2D eigenvalue weighted by Gasteiger charge is 2.27. The summed E-state index contributed by atoms with van der Waals surface area (Å²) in [7, 11) is 0. The molecule has 1 unspecified atom stereocenters. The molecule has 0 saturated carbocycles. The molecule has 0 aliphatic heterocycles. The number of carbonyl (C=O) groups excluding carboxylic acids is 1. The van der Waals surface area contributed by atoms with Crippen molar-refractivity contribution in [1.82, 2.24) is 0 Å². The summed E-state index contributed by atoms with van der Waals surface area (Å²) < 4.78 is 0. The van der Waals surface area contributed by atoms with E-state index in [1.54, 1.807) is 12.1 Å². The monoisotopic (exact) mass is 292 g/mol. The number of rotatable bonds is 10. The lowest BCUT2D eigenvalue weighted by molar-refractivity contribution is -0.316. The average molecular weight is 292 g/mol. The SMILES string of the molecule is CCCCCC(C)(CCCC)OOC(=O)c1ccccc1. The fourth-order valence-corrected chi connectivity index (χ4v) is 2.27. The third-order valence-corrected chi connectivity index (χ3v) is 3.70. The topological polar surface area (TPSA) is 35.5 Å². The van der Waals surface area contributed by atoms with E-state index in [0.29, 0.717) is 5.56 Å². The molecule has 1 aromatic carbocycles. The lowest BCUT2D eigenvalue weighted by Crippen LogP contribution is -2.30. The van der Waals surface area contributed by atoms with Crippen LogP contribution in [0.15, 0.2) is 30.3 Å². The number of unbranched alkanes of at least 4 members (excludes halogenated alkanes) is 3. The predicted octanol–water partition coefficient (Wildman–Crippen LogP) is 5.30. The normalized spacial score (nSPS) is 13.7. The molecule has 0 saturated heterocycles. The van der Waals surface area contributed by atoms with E-state index in [9.17, 15) is 4.79 Å². The lowest BCUT2D eigenvalue weighted by atomic mass is 9.92. The average Bonchev–Trinajstić information content (AvgIpc) is 2.52. The highest BCUT2D eigenvalue weighted by molar-refractivity contribution is 5.88. The predicted molar refractivity (Wildman–Crippen MR) is 85.0 cm³/mol. The molecule has 0 spiro atoms. The van der Waals surface area contributed by atoms with Gasteiger partial charge in [0.1, 0.15) is 5.60 Å². The van der Waals surface area contributed by atoms with Gasteiger partial charge in [0.15, 0.2) is 0 Å². The summed E-state index contributed by atoms with van der Waals surface area (Å²) in [6.45, 7) is 6.37. The van der Waals surface area contributed by atoms with Gasteiger partial charge in [0.2, 0.25) is 0 Å². The van der Waals surface area contributed by atoms with E-state index in [1.807, 2.05) is 25.1 Å². The fraction of sp³-hybridized carbons (Fsp3) is 0.611. The molecule has 0 aliphatic rings. The van der Waals surface area contributed by atoms with Crippen molar-refractivity contribution in [2.75, 3.05) is 0 Å². The van der Waals surface area contributed by atoms with Gasteiger partial charge in [-0.3, -0.25) is 4.89 Å². The molecule has 0 radical (unpaired) electrons. The van der Waals surface area contributed by atoms with Crippen LogP contribution in [-0.4, -0.2) is 11.6 Å². The highest BCUT2D eigenvalue weighted by atomic mass is 17.2. The van der Waals surface area contributed by atoms with Gasteiger partial charge in [0.05, 0.1) is 5.56 Å². The molecule has 21 heavy (non-hydrogen) atoms. The Morgan fingerprint density at radius 2 is 1.62 bits per heavy atom. The van der Waals surface area contributed by atoms with E-state index in [-0.39, 0.29) is 5.60 Å². The number of benzene rings is 1. The molecule has 0 fully saturated rings. The van der Waals surface area contributed by atoms with Gasteiger partial charge in [-0.05, 0) is 31.9 Å². The van der Waals surface area contributed by atoms with Gasteiger partial charge in [-0.25, -0.2) is 4.79 Å². The first kappa shape index (κ1) is 17.7. The largest absolute Gasteiger partial charge is 0.373 e. The molecular formula is C18H28O3. The highest BCUT2D eigenvalue weighted by Crippen LogP contribution is 2.26. The maximum absolute atomic E-state index is 11.9. The zero-order valence-corrected chi connectivity index (χ0v) is 13.6. The Kier molecular flexibility index (Phi) is 8.06. The molecular weight excluding hydrogens is 264 g/mol. The molecule has 0 aliphatic carbocycles. The van der Waals surface area contributed by atoms with Crippen LogP contribution in [0, 0.1) is 0 Å². The first-order valence-electron chi connectivity index (χ1n) is 8.06. The first-order valence-corrected chi connectivity index (χ1v) is 8.06. The van der Waals surface area contributed by atoms with Crippen LogP contribution < -0.4 is 0 Å². The Bertz CT molecular complexity index is 402. The molecule has 1 atom stereocenters.